The first-order valence-corrected chi connectivity index (χ1v) is 21.3. The van der Waals surface area contributed by atoms with Crippen LogP contribution in [0.1, 0.15) is 39.2 Å². The Morgan fingerprint density at radius 1 is 0.797 bits per heavy atom. The third-order valence-corrected chi connectivity index (χ3v) is 12.2. The van der Waals surface area contributed by atoms with E-state index < -0.39 is 28.5 Å². The summed E-state index contributed by atoms with van der Waals surface area (Å²) in [5.41, 5.74) is 1.84. The summed E-state index contributed by atoms with van der Waals surface area (Å²) in [6, 6.07) is 31.9. The molecule has 0 aliphatic carbocycles. The molecule has 0 radical (unpaired) electrons. The Bertz CT molecular complexity index is 3220. The molecule has 0 unspecified atom stereocenters. The van der Waals surface area contributed by atoms with Crippen molar-refractivity contribution in [2.75, 3.05) is 33.4 Å². The minimum absolute atomic E-state index is 0.0284. The number of ether oxygens (including phenoxy) is 3. The van der Waals surface area contributed by atoms with Crippen molar-refractivity contribution in [3.63, 3.8) is 0 Å². The average molecular weight is 885 g/mol. The molecule has 1 N–H and O–H groups in total. The standard InChI is InChI=1S/C26H22N4O3.C20H19FN4O5S/c1-33-22-15-9-8-12-20(22)17-28-18-27-24-23(28)25(31)29(16-19-10-4-2-5-11-19)26(32)30(24)21-13-6-3-7-14-21;21-13-3-1-12(2-4-13)11-25-17(26)15-14(22-19(25)28)16(31-23-15)18(27)24-7-5-20(6-8-24)29-9-10-30-20/h2-15,18H,16-17H2,1H3;1-4H,5-11H2,(H,22,28). The van der Waals surface area contributed by atoms with E-state index in [1.54, 1.807) is 22.9 Å². The number of methoxy groups -OCH3 is 1. The lowest BCUT2D eigenvalue weighted by molar-refractivity contribution is -0.181. The molecule has 0 saturated carbocycles. The Morgan fingerprint density at radius 2 is 1.44 bits per heavy atom. The van der Waals surface area contributed by atoms with E-state index in [0.717, 1.165) is 33.0 Å². The van der Waals surface area contributed by atoms with Crippen LogP contribution in [0.25, 0.3) is 27.9 Å². The summed E-state index contributed by atoms with van der Waals surface area (Å²) in [7, 11) is 1.62. The number of carbonyl (C=O) groups is 1. The molecule has 10 rings (SSSR count). The van der Waals surface area contributed by atoms with Crippen LogP contribution in [0.15, 0.2) is 135 Å². The number of piperidine rings is 1. The molecule has 64 heavy (non-hydrogen) atoms. The maximum atomic E-state index is 13.6. The number of halogens is 1. The van der Waals surface area contributed by atoms with E-state index in [2.05, 4.69) is 14.3 Å². The lowest BCUT2D eigenvalue weighted by atomic mass is 10.0. The van der Waals surface area contributed by atoms with Gasteiger partial charge in [-0.2, -0.15) is 4.37 Å². The number of likely N-dealkylation sites (tertiary alicyclic amines) is 1. The second kappa shape index (κ2) is 17.8. The molecule has 16 nitrogen and oxygen atoms in total. The van der Waals surface area contributed by atoms with Crippen LogP contribution in [-0.2, 0) is 29.1 Å². The van der Waals surface area contributed by atoms with E-state index >= 15 is 0 Å². The molecule has 1 amide bonds. The van der Waals surface area contributed by atoms with Gasteiger partial charge in [0.05, 0.1) is 57.5 Å². The fourth-order valence-electron chi connectivity index (χ4n) is 8.02. The van der Waals surface area contributed by atoms with Crippen LogP contribution >= 0.6 is 11.5 Å². The highest BCUT2D eigenvalue weighted by molar-refractivity contribution is 7.09. The fourth-order valence-corrected chi connectivity index (χ4v) is 8.82. The smallest absolute Gasteiger partial charge is 0.337 e. The van der Waals surface area contributed by atoms with Crippen molar-refractivity contribution < 1.29 is 23.4 Å². The van der Waals surface area contributed by atoms with Crippen molar-refractivity contribution in [1.29, 1.82) is 0 Å². The van der Waals surface area contributed by atoms with Crippen LogP contribution in [0.3, 0.4) is 0 Å². The topological polar surface area (TPSA) is 178 Å². The number of benzene rings is 4. The van der Waals surface area contributed by atoms with E-state index in [9.17, 15) is 28.4 Å². The molecule has 4 aromatic carbocycles. The molecule has 6 heterocycles. The molecule has 0 atom stereocenters. The molecule has 8 aromatic rings. The number of fused-ring (bicyclic) bond motifs is 2. The van der Waals surface area contributed by atoms with E-state index in [-0.39, 0.29) is 40.5 Å². The highest BCUT2D eigenvalue weighted by atomic mass is 32.1. The lowest BCUT2D eigenvalue weighted by Gasteiger charge is -2.37. The van der Waals surface area contributed by atoms with Crippen LogP contribution in [0.2, 0.25) is 0 Å². The van der Waals surface area contributed by atoms with Crippen LogP contribution < -0.4 is 27.2 Å². The van der Waals surface area contributed by atoms with Crippen molar-refractivity contribution in [3.8, 4) is 11.4 Å². The summed E-state index contributed by atoms with van der Waals surface area (Å²) < 4.78 is 39.6. The predicted molar refractivity (Wildman–Crippen MR) is 237 cm³/mol. The zero-order valence-electron chi connectivity index (χ0n) is 34.5. The number of hydrogen-bond donors (Lipinski definition) is 1. The monoisotopic (exact) mass is 884 g/mol. The van der Waals surface area contributed by atoms with Gasteiger partial charge in [-0.1, -0.05) is 78.9 Å². The number of amides is 1. The fraction of sp³-hybridized carbons (Fsp3) is 0.239. The van der Waals surface area contributed by atoms with E-state index in [1.807, 2.05) is 84.9 Å². The molecular weight excluding hydrogens is 844 g/mol. The molecule has 2 aliphatic heterocycles. The number of carbonyl (C=O) groups excluding carboxylic acids is 1. The zero-order chi connectivity index (χ0) is 44.4. The molecule has 18 heteroatoms. The molecule has 1 spiro atoms. The van der Waals surface area contributed by atoms with Gasteiger partial charge in [0.25, 0.3) is 17.0 Å². The Balaban J connectivity index is 0.000000162. The lowest BCUT2D eigenvalue weighted by Crippen LogP contribution is -2.47. The number of para-hydroxylation sites is 2. The van der Waals surface area contributed by atoms with Gasteiger partial charge in [-0.3, -0.25) is 23.5 Å². The summed E-state index contributed by atoms with van der Waals surface area (Å²) >= 11 is 0.891. The first-order valence-electron chi connectivity index (χ1n) is 20.5. The van der Waals surface area contributed by atoms with E-state index in [0.29, 0.717) is 68.1 Å². The molecule has 2 aliphatic rings. The Morgan fingerprint density at radius 3 is 2.14 bits per heavy atom. The molecule has 0 bridgehead atoms. The third kappa shape index (κ3) is 8.21. The van der Waals surface area contributed by atoms with Gasteiger partial charge in [0.2, 0.25) is 0 Å². The molecule has 4 aromatic heterocycles. The number of rotatable bonds is 9. The SMILES string of the molecule is COc1ccccc1Cn1cnc2c1c(=O)n(Cc1ccccc1)c(=O)n2-c1ccccc1.O=C(c1snc2c(=O)n(Cc3ccc(F)cc3)c(=O)[nH]c12)N1CCC2(CC1)OCCO2. The van der Waals surface area contributed by atoms with Gasteiger partial charge >= 0.3 is 11.4 Å². The predicted octanol–water partition coefficient (Wildman–Crippen LogP) is 4.77. The van der Waals surface area contributed by atoms with Crippen LogP contribution in [0, 0.1) is 5.82 Å². The zero-order valence-corrected chi connectivity index (χ0v) is 35.3. The summed E-state index contributed by atoms with van der Waals surface area (Å²) in [6.07, 6.45) is 2.73. The number of nitrogens with one attached hydrogen (secondary N) is 1. The Hall–Kier alpha value is -7.28. The van der Waals surface area contributed by atoms with Crippen molar-refractivity contribution in [2.45, 2.75) is 38.3 Å². The molecule has 2 saturated heterocycles. The first kappa shape index (κ1) is 42.0. The van der Waals surface area contributed by atoms with Crippen LogP contribution in [0.4, 0.5) is 4.39 Å². The quantitative estimate of drug-likeness (QED) is 0.213. The normalized spacial score (nSPS) is 14.5. The number of nitrogens with zero attached hydrogens (tertiary/aromatic N) is 7. The Kier molecular flexibility index (Phi) is 11.7. The van der Waals surface area contributed by atoms with Crippen molar-refractivity contribution in [1.82, 2.24) is 37.5 Å². The van der Waals surface area contributed by atoms with Gasteiger partial charge in [-0.25, -0.2) is 23.5 Å². The molecular formula is C46H41FN8O8S. The van der Waals surface area contributed by atoms with Gasteiger partial charge in [0, 0.05) is 31.5 Å². The number of aromatic amines is 1. The maximum Gasteiger partial charge on any atom is 0.337 e. The van der Waals surface area contributed by atoms with E-state index in [1.165, 1.54) is 33.4 Å². The second-order valence-corrected chi connectivity index (χ2v) is 16.0. The second-order valence-electron chi connectivity index (χ2n) is 15.3. The maximum absolute atomic E-state index is 13.6. The number of imidazole rings is 1. The summed E-state index contributed by atoms with van der Waals surface area (Å²) in [5, 5.41) is 0. The summed E-state index contributed by atoms with van der Waals surface area (Å²) in [4.78, 5) is 74.7. The highest BCUT2D eigenvalue weighted by Gasteiger charge is 2.41. The molecule has 326 valence electrons. The van der Waals surface area contributed by atoms with Gasteiger partial charge in [-0.05, 0) is 53.0 Å². The summed E-state index contributed by atoms with van der Waals surface area (Å²) in [5.74, 6) is -0.570. The van der Waals surface area contributed by atoms with Gasteiger partial charge in [0.1, 0.15) is 16.4 Å². The van der Waals surface area contributed by atoms with Gasteiger partial charge in [0.15, 0.2) is 22.5 Å². The van der Waals surface area contributed by atoms with Crippen LogP contribution in [-0.4, -0.2) is 82.6 Å². The number of hydrogen-bond acceptors (Lipinski definition) is 11. The van der Waals surface area contributed by atoms with Crippen molar-refractivity contribution in [3.05, 3.63) is 185 Å². The van der Waals surface area contributed by atoms with Crippen molar-refractivity contribution in [2.24, 2.45) is 0 Å². The average Bonchev–Trinajstić information content (AvgIpc) is 4.08. The largest absolute Gasteiger partial charge is 0.496 e. The van der Waals surface area contributed by atoms with Gasteiger partial charge < -0.3 is 28.7 Å². The number of aromatic nitrogens is 7. The van der Waals surface area contributed by atoms with Crippen LogP contribution in [0.5, 0.6) is 5.75 Å². The highest BCUT2D eigenvalue weighted by Crippen LogP contribution is 2.32. The van der Waals surface area contributed by atoms with Gasteiger partial charge in [-0.15, -0.1) is 0 Å². The minimum Gasteiger partial charge on any atom is -0.496 e. The minimum atomic E-state index is -0.651. The number of H-pyrrole nitrogens is 1. The Labute approximate surface area is 367 Å². The van der Waals surface area contributed by atoms with E-state index in [4.69, 9.17) is 14.2 Å². The summed E-state index contributed by atoms with van der Waals surface area (Å²) in [6.45, 7) is 2.53. The third-order valence-electron chi connectivity index (χ3n) is 11.3. The first-order chi connectivity index (χ1) is 31.1. The van der Waals surface area contributed by atoms with Crippen molar-refractivity contribution >= 4 is 39.6 Å². The molecule has 2 fully saturated rings.